The van der Waals surface area contributed by atoms with Gasteiger partial charge in [0.25, 0.3) is 5.91 Å². The molecule has 0 saturated carbocycles. The Morgan fingerprint density at radius 2 is 2.00 bits per heavy atom. The zero-order chi connectivity index (χ0) is 17.8. The number of nitrogens with one attached hydrogen (secondary N) is 2. The molecule has 0 bridgehead atoms. The number of ether oxygens (including phenoxy) is 1. The van der Waals surface area contributed by atoms with Crippen LogP contribution in [0.5, 0.6) is 5.75 Å². The third-order valence-electron chi connectivity index (χ3n) is 3.80. The Bertz CT molecular complexity index is 861. The number of benzene rings is 2. The molecular formula is C19H17BrN2O3. The van der Waals surface area contributed by atoms with Gasteiger partial charge in [-0.15, -0.1) is 0 Å². The number of hydrogen-bond donors (Lipinski definition) is 2. The molecule has 128 valence electrons. The van der Waals surface area contributed by atoms with Crippen LogP contribution in [0.4, 0.5) is 5.69 Å². The van der Waals surface area contributed by atoms with Crippen LogP contribution in [0, 0.1) is 6.92 Å². The molecule has 1 aliphatic heterocycles. The van der Waals surface area contributed by atoms with Crippen LogP contribution in [0.3, 0.4) is 0 Å². The number of carbonyl (C=O) groups is 2. The SMILES string of the molecule is Cc1cc(Br)ccc1NC(=O)CNC(=O)C1=Cc2ccccc2OC1. The van der Waals surface area contributed by atoms with Crippen LogP contribution in [0.1, 0.15) is 11.1 Å². The number of amides is 2. The fraction of sp³-hybridized carbons (Fsp3) is 0.158. The summed E-state index contributed by atoms with van der Waals surface area (Å²) < 4.78 is 6.50. The van der Waals surface area contributed by atoms with Gasteiger partial charge in [-0.1, -0.05) is 34.1 Å². The lowest BCUT2D eigenvalue weighted by atomic mass is 10.1. The van der Waals surface area contributed by atoms with E-state index in [1.54, 1.807) is 6.08 Å². The van der Waals surface area contributed by atoms with E-state index in [2.05, 4.69) is 26.6 Å². The van der Waals surface area contributed by atoms with Crippen LogP contribution in [0.25, 0.3) is 6.08 Å². The second kappa shape index (κ2) is 7.53. The van der Waals surface area contributed by atoms with Crippen molar-refractivity contribution in [2.75, 3.05) is 18.5 Å². The van der Waals surface area contributed by atoms with Crippen LogP contribution in [0.2, 0.25) is 0 Å². The minimum atomic E-state index is -0.308. The van der Waals surface area contributed by atoms with Crippen molar-refractivity contribution in [2.24, 2.45) is 0 Å². The van der Waals surface area contributed by atoms with Crippen LogP contribution in [-0.4, -0.2) is 25.0 Å². The molecular weight excluding hydrogens is 384 g/mol. The normalized spacial score (nSPS) is 12.5. The first-order valence-corrected chi connectivity index (χ1v) is 8.59. The molecule has 1 heterocycles. The molecule has 0 aliphatic carbocycles. The van der Waals surface area contributed by atoms with E-state index in [-0.39, 0.29) is 25.0 Å². The Morgan fingerprint density at radius 3 is 2.80 bits per heavy atom. The molecule has 0 fully saturated rings. The summed E-state index contributed by atoms with van der Waals surface area (Å²) >= 11 is 3.38. The molecule has 0 radical (unpaired) electrons. The first-order chi connectivity index (χ1) is 12.0. The minimum Gasteiger partial charge on any atom is -0.488 e. The van der Waals surface area contributed by atoms with Gasteiger partial charge >= 0.3 is 0 Å². The van der Waals surface area contributed by atoms with Crippen molar-refractivity contribution in [1.29, 1.82) is 0 Å². The summed E-state index contributed by atoms with van der Waals surface area (Å²) in [5.74, 6) is 0.163. The predicted molar refractivity (Wildman–Crippen MR) is 100 cm³/mol. The number of anilines is 1. The minimum absolute atomic E-state index is 0.104. The lowest BCUT2D eigenvalue weighted by Crippen LogP contribution is -2.35. The van der Waals surface area contributed by atoms with E-state index in [4.69, 9.17) is 4.74 Å². The molecule has 25 heavy (non-hydrogen) atoms. The van der Waals surface area contributed by atoms with Crippen molar-refractivity contribution in [3.63, 3.8) is 0 Å². The zero-order valence-electron chi connectivity index (χ0n) is 13.6. The molecule has 0 aromatic heterocycles. The van der Waals surface area contributed by atoms with E-state index in [1.165, 1.54) is 0 Å². The summed E-state index contributed by atoms with van der Waals surface area (Å²) in [5.41, 5.74) is 3.01. The highest BCUT2D eigenvalue weighted by Crippen LogP contribution is 2.25. The van der Waals surface area contributed by atoms with Gasteiger partial charge in [0.2, 0.25) is 5.91 Å². The third-order valence-corrected chi connectivity index (χ3v) is 4.29. The maximum atomic E-state index is 12.2. The highest BCUT2D eigenvalue weighted by atomic mass is 79.9. The standard InChI is InChI=1S/C19H17BrN2O3/c1-12-8-15(20)6-7-16(12)22-18(23)10-21-19(24)14-9-13-4-2-3-5-17(13)25-11-14/h2-9H,10-11H2,1H3,(H,21,24)(H,22,23). The van der Waals surface area contributed by atoms with Crippen molar-refractivity contribution in [2.45, 2.75) is 6.92 Å². The Morgan fingerprint density at radius 1 is 1.20 bits per heavy atom. The molecule has 6 heteroatoms. The molecule has 0 saturated heterocycles. The highest BCUT2D eigenvalue weighted by molar-refractivity contribution is 9.10. The smallest absolute Gasteiger partial charge is 0.251 e. The monoisotopic (exact) mass is 400 g/mol. The first-order valence-electron chi connectivity index (χ1n) is 7.79. The predicted octanol–water partition coefficient (Wildman–Crippen LogP) is 3.29. The number of halogens is 1. The van der Waals surface area contributed by atoms with Gasteiger partial charge in [0.05, 0.1) is 12.1 Å². The molecule has 0 atom stereocenters. The summed E-state index contributed by atoms with van der Waals surface area (Å²) in [6.45, 7) is 1.99. The third kappa shape index (κ3) is 4.28. The van der Waals surface area contributed by atoms with Gasteiger partial charge in [-0.05, 0) is 42.8 Å². The van der Waals surface area contributed by atoms with E-state index in [0.29, 0.717) is 5.57 Å². The largest absolute Gasteiger partial charge is 0.488 e. The van der Waals surface area contributed by atoms with E-state index < -0.39 is 0 Å². The van der Waals surface area contributed by atoms with E-state index in [0.717, 1.165) is 27.0 Å². The van der Waals surface area contributed by atoms with Crippen LogP contribution in [-0.2, 0) is 9.59 Å². The topological polar surface area (TPSA) is 67.4 Å². The van der Waals surface area contributed by atoms with Gasteiger partial charge in [-0.25, -0.2) is 0 Å². The van der Waals surface area contributed by atoms with Gasteiger partial charge in [0.1, 0.15) is 12.4 Å². The Balaban J connectivity index is 1.57. The quantitative estimate of drug-likeness (QED) is 0.827. The first kappa shape index (κ1) is 17.2. The Kier molecular flexibility index (Phi) is 5.19. The molecule has 2 aromatic carbocycles. The zero-order valence-corrected chi connectivity index (χ0v) is 15.2. The van der Waals surface area contributed by atoms with E-state index >= 15 is 0 Å². The maximum absolute atomic E-state index is 12.2. The average molecular weight is 401 g/mol. The van der Waals surface area contributed by atoms with Gasteiger partial charge in [-0.2, -0.15) is 0 Å². The van der Waals surface area contributed by atoms with Crippen LogP contribution in [0.15, 0.2) is 52.5 Å². The summed E-state index contributed by atoms with van der Waals surface area (Å²) in [5, 5.41) is 5.41. The Labute approximate surface area is 154 Å². The summed E-state index contributed by atoms with van der Waals surface area (Å²) in [6.07, 6.45) is 1.78. The van der Waals surface area contributed by atoms with Crippen molar-refractivity contribution in [1.82, 2.24) is 5.32 Å². The van der Waals surface area contributed by atoms with Crippen molar-refractivity contribution >= 4 is 39.5 Å². The maximum Gasteiger partial charge on any atom is 0.251 e. The molecule has 3 rings (SSSR count). The van der Waals surface area contributed by atoms with Crippen LogP contribution >= 0.6 is 15.9 Å². The Hall–Kier alpha value is -2.60. The molecule has 2 aromatic rings. The average Bonchev–Trinajstić information content (AvgIpc) is 2.61. The molecule has 2 N–H and O–H groups in total. The van der Waals surface area contributed by atoms with Gasteiger partial charge in [-0.3, -0.25) is 9.59 Å². The number of aryl methyl sites for hydroxylation is 1. The molecule has 2 amide bonds. The lowest BCUT2D eigenvalue weighted by molar-refractivity contribution is -0.121. The van der Waals surface area contributed by atoms with Crippen molar-refractivity contribution in [3.8, 4) is 5.75 Å². The number of para-hydroxylation sites is 1. The van der Waals surface area contributed by atoms with E-state index in [1.807, 2.05) is 49.4 Å². The number of hydrogen-bond acceptors (Lipinski definition) is 3. The summed E-state index contributed by atoms with van der Waals surface area (Å²) in [4.78, 5) is 24.3. The molecule has 5 nitrogen and oxygen atoms in total. The lowest BCUT2D eigenvalue weighted by Gasteiger charge is -2.17. The van der Waals surface area contributed by atoms with Gasteiger partial charge < -0.3 is 15.4 Å². The summed E-state index contributed by atoms with van der Waals surface area (Å²) in [7, 11) is 0. The summed E-state index contributed by atoms with van der Waals surface area (Å²) in [6, 6.07) is 13.1. The van der Waals surface area contributed by atoms with Crippen molar-refractivity contribution in [3.05, 3.63) is 63.6 Å². The number of carbonyl (C=O) groups excluding carboxylic acids is 2. The van der Waals surface area contributed by atoms with E-state index in [9.17, 15) is 9.59 Å². The second-order valence-corrected chi connectivity index (χ2v) is 6.60. The van der Waals surface area contributed by atoms with Gasteiger partial charge in [0.15, 0.2) is 0 Å². The molecule has 1 aliphatic rings. The molecule has 0 spiro atoms. The van der Waals surface area contributed by atoms with Crippen LogP contribution < -0.4 is 15.4 Å². The fourth-order valence-electron chi connectivity index (χ4n) is 2.48. The fourth-order valence-corrected chi connectivity index (χ4v) is 2.96. The highest BCUT2D eigenvalue weighted by Gasteiger charge is 2.17. The molecule has 0 unspecified atom stereocenters. The number of fused-ring (bicyclic) bond motifs is 1. The second-order valence-electron chi connectivity index (χ2n) is 5.69. The number of rotatable bonds is 4. The van der Waals surface area contributed by atoms with Crippen molar-refractivity contribution < 1.29 is 14.3 Å². The van der Waals surface area contributed by atoms with Gasteiger partial charge in [0, 0.05) is 15.7 Å².